The zero-order valence-corrected chi connectivity index (χ0v) is 10.4. The fraction of sp³-hybridized carbons (Fsp3) is 0.769. The molecule has 3 atom stereocenters. The van der Waals surface area contributed by atoms with Gasteiger partial charge in [0.15, 0.2) is 0 Å². The van der Waals surface area contributed by atoms with Crippen LogP contribution < -0.4 is 0 Å². The molecular weight excluding hydrogens is 202 g/mol. The summed E-state index contributed by atoms with van der Waals surface area (Å²) in [6, 6.07) is 0.293. The molecule has 0 aromatic carbocycles. The van der Waals surface area contributed by atoms with Crippen molar-refractivity contribution in [1.29, 1.82) is 0 Å². The predicted molar refractivity (Wildman–Crippen MR) is 62.8 cm³/mol. The van der Waals surface area contributed by atoms with Crippen molar-refractivity contribution in [2.45, 2.75) is 45.9 Å². The molecule has 2 fully saturated rings. The molecule has 0 bridgehead atoms. The molecule has 2 heterocycles. The Balaban J connectivity index is 2.15. The van der Waals surface area contributed by atoms with Gasteiger partial charge in [-0.3, -0.25) is 4.79 Å². The van der Waals surface area contributed by atoms with Gasteiger partial charge in [0, 0.05) is 11.3 Å². The Morgan fingerprint density at radius 1 is 1.56 bits per heavy atom. The molecule has 0 saturated carbocycles. The van der Waals surface area contributed by atoms with Crippen LogP contribution in [0.3, 0.4) is 0 Å². The molecule has 2 aliphatic heterocycles. The quantitative estimate of drug-likeness (QED) is 0.672. The molecule has 0 radical (unpaired) electrons. The summed E-state index contributed by atoms with van der Waals surface area (Å²) in [5, 5.41) is 0. The summed E-state index contributed by atoms with van der Waals surface area (Å²) in [5.41, 5.74) is -0.00647. The van der Waals surface area contributed by atoms with Crippen molar-refractivity contribution >= 4 is 5.91 Å². The third-order valence-corrected chi connectivity index (χ3v) is 3.44. The largest absolute Gasteiger partial charge is 0.356 e. The van der Waals surface area contributed by atoms with Crippen molar-refractivity contribution in [3.8, 4) is 0 Å². The zero-order valence-electron chi connectivity index (χ0n) is 10.4. The van der Waals surface area contributed by atoms with Gasteiger partial charge in [-0.15, -0.1) is 6.58 Å². The molecule has 90 valence electrons. The summed E-state index contributed by atoms with van der Waals surface area (Å²) < 4.78 is 5.76. The van der Waals surface area contributed by atoms with Crippen LogP contribution in [0.25, 0.3) is 0 Å². The van der Waals surface area contributed by atoms with E-state index in [0.717, 1.165) is 12.8 Å². The lowest BCUT2D eigenvalue weighted by Crippen LogP contribution is -2.44. The number of fused-ring (bicyclic) bond motifs is 1. The van der Waals surface area contributed by atoms with Crippen molar-refractivity contribution in [3.63, 3.8) is 0 Å². The van der Waals surface area contributed by atoms with E-state index in [9.17, 15) is 4.79 Å². The van der Waals surface area contributed by atoms with Crippen molar-refractivity contribution in [2.75, 3.05) is 6.61 Å². The van der Waals surface area contributed by atoms with Crippen molar-refractivity contribution < 1.29 is 9.53 Å². The van der Waals surface area contributed by atoms with Crippen molar-refractivity contribution in [1.82, 2.24) is 4.90 Å². The maximum Gasteiger partial charge on any atom is 0.228 e. The van der Waals surface area contributed by atoms with Crippen LogP contribution in [0.2, 0.25) is 0 Å². The van der Waals surface area contributed by atoms with Crippen molar-refractivity contribution in [2.24, 2.45) is 11.3 Å². The van der Waals surface area contributed by atoms with E-state index in [4.69, 9.17) is 4.74 Å². The fourth-order valence-electron chi connectivity index (χ4n) is 2.74. The summed E-state index contributed by atoms with van der Waals surface area (Å²) >= 11 is 0. The molecule has 0 aliphatic carbocycles. The number of hydrogen-bond acceptors (Lipinski definition) is 2. The Labute approximate surface area is 97.5 Å². The summed E-state index contributed by atoms with van der Waals surface area (Å²) in [6.45, 7) is 10.8. The lowest BCUT2D eigenvalue weighted by molar-refractivity contribution is -0.142. The van der Waals surface area contributed by atoms with Gasteiger partial charge in [-0.25, -0.2) is 0 Å². The number of rotatable bonds is 2. The molecule has 2 rings (SSSR count). The Morgan fingerprint density at radius 3 is 2.81 bits per heavy atom. The first-order valence-electron chi connectivity index (χ1n) is 6.00. The van der Waals surface area contributed by atoms with E-state index in [1.807, 2.05) is 11.0 Å². The summed E-state index contributed by atoms with van der Waals surface area (Å²) in [5.74, 6) is 0.388. The van der Waals surface area contributed by atoms with Gasteiger partial charge in [-0.1, -0.05) is 26.8 Å². The minimum atomic E-state index is -0.0557. The average molecular weight is 223 g/mol. The standard InChI is InChI=1S/C13H21NO2/c1-5-6-9-7-10-8-16-12(13(2,3)4)14(10)11(9)15/h5,9-10,12H,1,6-8H2,2-4H3/t9-,10?,12?/m1/s1. The van der Waals surface area contributed by atoms with E-state index in [-0.39, 0.29) is 23.5 Å². The lowest BCUT2D eigenvalue weighted by Gasteiger charge is -2.33. The molecule has 0 N–H and O–H groups in total. The molecule has 0 spiro atoms. The topological polar surface area (TPSA) is 29.5 Å². The fourth-order valence-corrected chi connectivity index (χ4v) is 2.74. The van der Waals surface area contributed by atoms with E-state index < -0.39 is 0 Å². The van der Waals surface area contributed by atoms with Crippen LogP contribution in [0.15, 0.2) is 12.7 Å². The van der Waals surface area contributed by atoms with Crippen LogP contribution in [0.5, 0.6) is 0 Å². The highest BCUT2D eigenvalue weighted by Crippen LogP contribution is 2.40. The van der Waals surface area contributed by atoms with E-state index >= 15 is 0 Å². The lowest BCUT2D eigenvalue weighted by atomic mass is 9.93. The molecule has 0 aromatic rings. The van der Waals surface area contributed by atoms with Crippen LogP contribution in [0.1, 0.15) is 33.6 Å². The van der Waals surface area contributed by atoms with E-state index in [2.05, 4.69) is 27.4 Å². The monoisotopic (exact) mass is 223 g/mol. The Hall–Kier alpha value is -0.830. The van der Waals surface area contributed by atoms with E-state index in [0.29, 0.717) is 12.6 Å². The maximum absolute atomic E-state index is 12.2. The second kappa shape index (κ2) is 3.88. The van der Waals surface area contributed by atoms with Crippen LogP contribution in [0.4, 0.5) is 0 Å². The first kappa shape index (κ1) is 11.6. The first-order valence-corrected chi connectivity index (χ1v) is 6.00. The van der Waals surface area contributed by atoms with Gasteiger partial charge in [-0.2, -0.15) is 0 Å². The molecule has 2 saturated heterocycles. The molecule has 2 unspecified atom stereocenters. The van der Waals surface area contributed by atoms with Gasteiger partial charge >= 0.3 is 0 Å². The van der Waals surface area contributed by atoms with Gasteiger partial charge in [0.2, 0.25) is 5.91 Å². The Kier molecular flexibility index (Phi) is 2.82. The van der Waals surface area contributed by atoms with Gasteiger partial charge in [0.05, 0.1) is 12.6 Å². The van der Waals surface area contributed by atoms with Gasteiger partial charge < -0.3 is 9.64 Å². The van der Waals surface area contributed by atoms with Crippen LogP contribution in [0, 0.1) is 11.3 Å². The Morgan fingerprint density at radius 2 is 2.25 bits per heavy atom. The zero-order chi connectivity index (χ0) is 11.9. The number of carbonyl (C=O) groups excluding carboxylic acids is 1. The molecule has 3 nitrogen and oxygen atoms in total. The van der Waals surface area contributed by atoms with Crippen LogP contribution in [-0.4, -0.2) is 29.7 Å². The van der Waals surface area contributed by atoms with Gasteiger partial charge in [0.1, 0.15) is 6.23 Å². The van der Waals surface area contributed by atoms with E-state index in [1.165, 1.54) is 0 Å². The van der Waals surface area contributed by atoms with Crippen molar-refractivity contribution in [3.05, 3.63) is 12.7 Å². The van der Waals surface area contributed by atoms with Crippen LogP contribution in [-0.2, 0) is 9.53 Å². The maximum atomic E-state index is 12.2. The van der Waals surface area contributed by atoms with Crippen LogP contribution >= 0.6 is 0 Å². The molecule has 0 aromatic heterocycles. The highest BCUT2D eigenvalue weighted by Gasteiger charge is 2.50. The number of nitrogens with zero attached hydrogens (tertiary/aromatic N) is 1. The molecule has 1 amide bonds. The highest BCUT2D eigenvalue weighted by molar-refractivity contribution is 5.82. The minimum Gasteiger partial charge on any atom is -0.356 e. The molecule has 16 heavy (non-hydrogen) atoms. The average Bonchev–Trinajstić information content (AvgIpc) is 2.68. The number of ether oxygens (including phenoxy) is 1. The van der Waals surface area contributed by atoms with Gasteiger partial charge in [-0.05, 0) is 12.8 Å². The highest BCUT2D eigenvalue weighted by atomic mass is 16.5. The molecule has 2 aliphatic rings. The first-order chi connectivity index (χ1) is 7.45. The second-order valence-corrected chi connectivity index (χ2v) is 5.91. The summed E-state index contributed by atoms with van der Waals surface area (Å²) in [7, 11) is 0. The number of carbonyl (C=O) groups is 1. The minimum absolute atomic E-state index is 0.00647. The second-order valence-electron chi connectivity index (χ2n) is 5.91. The van der Waals surface area contributed by atoms with Gasteiger partial charge in [0.25, 0.3) is 0 Å². The number of hydrogen-bond donors (Lipinski definition) is 0. The SMILES string of the molecule is C=CC[C@@H]1CC2COC(C(C)(C)C)N2C1=O. The molecular formula is C13H21NO2. The predicted octanol–water partition coefficient (Wildman–Crippen LogP) is 2.18. The summed E-state index contributed by atoms with van der Waals surface area (Å²) in [4.78, 5) is 14.2. The normalized spacial score (nSPS) is 34.3. The third kappa shape index (κ3) is 1.77. The number of allylic oxidation sites excluding steroid dienone is 1. The Bertz CT molecular complexity index is 306. The third-order valence-electron chi connectivity index (χ3n) is 3.44. The smallest absolute Gasteiger partial charge is 0.228 e. The molecule has 3 heteroatoms. The summed E-state index contributed by atoms with van der Waals surface area (Å²) in [6.07, 6.45) is 3.51. The number of amides is 1. The van der Waals surface area contributed by atoms with E-state index in [1.54, 1.807) is 0 Å².